The number of phenols is 1. The molecule has 7 heteroatoms. The smallest absolute Gasteiger partial charge is 0.193 e. The molecule has 72 heavy (non-hydrogen) atoms. The lowest BCUT2D eigenvalue weighted by atomic mass is 9.89. The fourth-order valence-electron chi connectivity index (χ4n) is 7.50. The molecule has 8 aromatic carbocycles. The van der Waals surface area contributed by atoms with Crippen LogP contribution >= 0.6 is 9.47 Å². The van der Waals surface area contributed by atoms with E-state index in [1.54, 1.807) is 48.5 Å². The highest BCUT2D eigenvalue weighted by molar-refractivity contribution is 7.10. The molecular weight excluding hydrogens is 908 g/mol. The minimum atomic E-state index is -0.137. The SMILES string of the molecule is CC.CC.CC(C)c1ccc(-c2cccc(C(=O)c3ccc(O)cc3)c2)c(C(=O)c2ccccc2)c1.CC(C)c1ccc(-c2cccc(C(=O)c3ccc(OP)cc3)c2)c(C(=O)c2ccccc2)c1.CCC. The van der Waals surface area contributed by atoms with Gasteiger partial charge in [0, 0.05) is 44.5 Å². The van der Waals surface area contributed by atoms with Crippen LogP contribution in [0.5, 0.6) is 11.5 Å². The first kappa shape index (κ1) is 57.1. The van der Waals surface area contributed by atoms with Gasteiger partial charge in [-0.1, -0.05) is 197 Å². The van der Waals surface area contributed by atoms with Crippen molar-refractivity contribution in [3.8, 4) is 33.8 Å². The summed E-state index contributed by atoms with van der Waals surface area (Å²) in [6.07, 6.45) is 1.25. The molecule has 0 amide bonds. The van der Waals surface area contributed by atoms with Gasteiger partial charge in [0.15, 0.2) is 23.1 Å². The summed E-state index contributed by atoms with van der Waals surface area (Å²) < 4.78 is 5.10. The van der Waals surface area contributed by atoms with E-state index in [-0.39, 0.29) is 34.8 Å². The Hall–Kier alpha value is -7.53. The first-order valence-electron chi connectivity index (χ1n) is 24.9. The lowest BCUT2D eigenvalue weighted by Crippen LogP contribution is -2.06. The molecular formula is C65H69O6P. The van der Waals surface area contributed by atoms with E-state index in [2.05, 4.69) is 57.1 Å². The summed E-state index contributed by atoms with van der Waals surface area (Å²) in [5.41, 5.74) is 10.1. The molecule has 0 spiro atoms. The molecule has 6 nitrogen and oxygen atoms in total. The normalized spacial score (nSPS) is 10.2. The van der Waals surface area contributed by atoms with Gasteiger partial charge in [0.1, 0.15) is 11.5 Å². The Kier molecular flexibility index (Phi) is 23.0. The van der Waals surface area contributed by atoms with Crippen molar-refractivity contribution in [1.82, 2.24) is 0 Å². The second-order valence-corrected chi connectivity index (χ2v) is 17.3. The van der Waals surface area contributed by atoms with Gasteiger partial charge in [0.2, 0.25) is 0 Å². The Balaban J connectivity index is 0.000000278. The highest BCUT2D eigenvalue weighted by Gasteiger charge is 2.20. The summed E-state index contributed by atoms with van der Waals surface area (Å²) in [4.78, 5) is 52.9. The maximum atomic E-state index is 13.4. The maximum absolute atomic E-state index is 13.4. The van der Waals surface area contributed by atoms with Crippen LogP contribution in [0.3, 0.4) is 0 Å². The minimum absolute atomic E-state index is 0.0298. The van der Waals surface area contributed by atoms with Crippen molar-refractivity contribution >= 4 is 32.6 Å². The largest absolute Gasteiger partial charge is 0.508 e. The van der Waals surface area contributed by atoms with Gasteiger partial charge in [-0.3, -0.25) is 19.2 Å². The molecule has 1 N–H and O–H groups in total. The van der Waals surface area contributed by atoms with E-state index in [9.17, 15) is 24.3 Å². The van der Waals surface area contributed by atoms with Crippen LogP contribution in [0, 0.1) is 0 Å². The fraction of sp³-hybridized carbons (Fsp3) is 0.200. The number of phenolic OH excluding ortho intramolecular Hbond substituents is 1. The van der Waals surface area contributed by atoms with Crippen LogP contribution in [0.25, 0.3) is 22.3 Å². The number of hydrogen-bond acceptors (Lipinski definition) is 6. The topological polar surface area (TPSA) is 97.7 Å². The van der Waals surface area contributed by atoms with Gasteiger partial charge in [-0.15, -0.1) is 0 Å². The molecule has 1 atom stereocenters. The number of rotatable bonds is 13. The summed E-state index contributed by atoms with van der Waals surface area (Å²) in [7, 11) is 2.19. The molecule has 0 radical (unpaired) electrons. The van der Waals surface area contributed by atoms with Gasteiger partial charge in [-0.25, -0.2) is 0 Å². The maximum Gasteiger partial charge on any atom is 0.193 e. The highest BCUT2D eigenvalue weighted by Crippen LogP contribution is 2.33. The summed E-state index contributed by atoms with van der Waals surface area (Å²) in [6, 6.07) is 58.5. The van der Waals surface area contributed by atoms with Crippen LogP contribution in [0.4, 0.5) is 0 Å². The zero-order valence-electron chi connectivity index (χ0n) is 43.4. The zero-order chi connectivity index (χ0) is 52.7. The van der Waals surface area contributed by atoms with Crippen molar-refractivity contribution in [2.24, 2.45) is 0 Å². The molecule has 8 rings (SSSR count). The quantitative estimate of drug-likeness (QED) is 0.0913. The summed E-state index contributed by atoms with van der Waals surface area (Å²) in [5.74, 6) is 1.07. The predicted molar refractivity (Wildman–Crippen MR) is 302 cm³/mol. The van der Waals surface area contributed by atoms with Crippen LogP contribution in [0.1, 0.15) is 162 Å². The van der Waals surface area contributed by atoms with E-state index < -0.39 is 0 Å². The van der Waals surface area contributed by atoms with Gasteiger partial charge in [-0.2, -0.15) is 0 Å². The molecule has 8 aromatic rings. The molecule has 1 unspecified atom stereocenters. The van der Waals surface area contributed by atoms with Crippen molar-refractivity contribution < 1.29 is 28.8 Å². The van der Waals surface area contributed by atoms with E-state index in [1.807, 2.05) is 155 Å². The number of hydrogen-bond donors (Lipinski definition) is 1. The average molecular weight is 977 g/mol. The van der Waals surface area contributed by atoms with Gasteiger partial charge >= 0.3 is 0 Å². The van der Waals surface area contributed by atoms with Crippen molar-refractivity contribution in [3.05, 3.63) is 250 Å². The Morgan fingerprint density at radius 3 is 1.10 bits per heavy atom. The lowest BCUT2D eigenvalue weighted by Gasteiger charge is -2.14. The van der Waals surface area contributed by atoms with Crippen molar-refractivity contribution in [2.45, 2.75) is 87.5 Å². The average Bonchev–Trinajstić information content (AvgIpc) is 3.44. The summed E-state index contributed by atoms with van der Waals surface area (Å²) in [5, 5.41) is 9.50. The molecule has 0 aromatic heterocycles. The molecule has 0 bridgehead atoms. The predicted octanol–water partition coefficient (Wildman–Crippen LogP) is 17.2. The fourth-order valence-corrected chi connectivity index (χ4v) is 7.66. The van der Waals surface area contributed by atoms with Crippen LogP contribution in [0.2, 0.25) is 0 Å². The molecule has 0 aliphatic carbocycles. The van der Waals surface area contributed by atoms with Crippen LogP contribution in [-0.2, 0) is 0 Å². The molecule has 0 heterocycles. The zero-order valence-corrected chi connectivity index (χ0v) is 44.6. The van der Waals surface area contributed by atoms with Gasteiger partial charge in [0.05, 0.1) is 9.47 Å². The van der Waals surface area contributed by atoms with E-state index in [1.165, 1.54) is 18.6 Å². The number of carbonyl (C=O) groups is 4. The van der Waals surface area contributed by atoms with Crippen LogP contribution < -0.4 is 4.52 Å². The second-order valence-electron chi connectivity index (χ2n) is 17.0. The number of benzene rings is 8. The number of ketones is 4. The third-order valence-electron chi connectivity index (χ3n) is 11.2. The molecule has 370 valence electrons. The van der Waals surface area contributed by atoms with Crippen molar-refractivity contribution in [2.75, 3.05) is 0 Å². The highest BCUT2D eigenvalue weighted by atomic mass is 31.0. The monoisotopic (exact) mass is 976 g/mol. The van der Waals surface area contributed by atoms with E-state index in [0.29, 0.717) is 56.2 Å². The molecule has 0 saturated heterocycles. The third kappa shape index (κ3) is 15.2. The molecule has 0 fully saturated rings. The lowest BCUT2D eigenvalue weighted by molar-refractivity contribution is 0.103. The Morgan fingerprint density at radius 1 is 0.417 bits per heavy atom. The first-order chi connectivity index (χ1) is 34.8. The van der Waals surface area contributed by atoms with Gasteiger partial charge < -0.3 is 9.63 Å². The Bertz CT molecular complexity index is 2990. The molecule has 0 aliphatic heterocycles. The second kappa shape index (κ2) is 29.0. The minimum Gasteiger partial charge on any atom is -0.508 e. The van der Waals surface area contributed by atoms with Crippen molar-refractivity contribution in [1.29, 1.82) is 0 Å². The molecule has 0 aliphatic rings. The van der Waals surface area contributed by atoms with Crippen LogP contribution in [0.15, 0.2) is 194 Å². The summed E-state index contributed by atoms with van der Waals surface area (Å²) >= 11 is 0. The van der Waals surface area contributed by atoms with E-state index in [0.717, 1.165) is 33.4 Å². The third-order valence-corrected chi connectivity index (χ3v) is 11.5. The summed E-state index contributed by atoms with van der Waals surface area (Å²) in [6.45, 7) is 20.7. The van der Waals surface area contributed by atoms with E-state index >= 15 is 0 Å². The Labute approximate surface area is 430 Å². The van der Waals surface area contributed by atoms with Gasteiger partial charge in [0.25, 0.3) is 0 Å². The standard InChI is InChI=1S/C29H25O3P.C29H24O3.C3H8.2C2H6/c1-19(2)22-13-16-26(27(18-22)29(31)20-7-4-3-5-8-20)23-9-6-10-24(17-23)28(30)21-11-14-25(32-33)15-12-21;1-19(2)22-13-16-26(27(18-22)29(32)20-7-4-3-5-8-20)23-9-6-10-24(17-23)28(31)21-11-14-25(30)15-12-21;1-3-2;2*1-2/h3-19H,33H2,1-2H3;3-19,30H,1-2H3;3H2,1-2H3;2*1-2H3. The number of aromatic hydroxyl groups is 1. The van der Waals surface area contributed by atoms with Gasteiger partial charge in [-0.05, 0) is 118 Å². The first-order valence-corrected chi connectivity index (χ1v) is 25.3. The van der Waals surface area contributed by atoms with E-state index in [4.69, 9.17) is 4.52 Å². The van der Waals surface area contributed by atoms with Crippen LogP contribution in [-0.4, -0.2) is 28.2 Å². The van der Waals surface area contributed by atoms with Crippen molar-refractivity contribution in [3.63, 3.8) is 0 Å². The number of carbonyl (C=O) groups excluding carboxylic acids is 4. The Morgan fingerprint density at radius 2 is 0.750 bits per heavy atom. The molecule has 0 saturated carbocycles.